The molecule has 1 fully saturated rings. The number of hydrogen-bond acceptors (Lipinski definition) is 7. The molecule has 0 radical (unpaired) electrons. The van der Waals surface area contributed by atoms with E-state index in [0.717, 1.165) is 0 Å². The van der Waals surface area contributed by atoms with E-state index in [1.54, 1.807) is 6.92 Å². The second kappa shape index (κ2) is 8.40. The zero-order valence-corrected chi connectivity index (χ0v) is 12.9. The monoisotopic (exact) mass is 315 g/mol. The van der Waals surface area contributed by atoms with Gasteiger partial charge >= 0.3 is 0 Å². The van der Waals surface area contributed by atoms with Crippen LogP contribution in [0.2, 0.25) is 0 Å². The van der Waals surface area contributed by atoms with E-state index in [-0.39, 0.29) is 36.4 Å². The summed E-state index contributed by atoms with van der Waals surface area (Å²) in [4.78, 5) is 10.7. The van der Waals surface area contributed by atoms with Crippen LogP contribution in [0.25, 0.3) is 0 Å². The van der Waals surface area contributed by atoms with Crippen molar-refractivity contribution in [2.75, 3.05) is 6.61 Å². The highest BCUT2D eigenvalue weighted by Gasteiger charge is 2.35. The van der Waals surface area contributed by atoms with Gasteiger partial charge in [0.05, 0.1) is 18.3 Å². The Bertz CT molecular complexity index is 424. The third-order valence-electron chi connectivity index (χ3n) is 3.70. The Morgan fingerprint density at radius 3 is 2.73 bits per heavy atom. The first-order valence-corrected chi connectivity index (χ1v) is 7.21. The summed E-state index contributed by atoms with van der Waals surface area (Å²) in [5, 5.41) is 28.8. The van der Waals surface area contributed by atoms with Crippen molar-refractivity contribution in [3.8, 4) is 0 Å². The van der Waals surface area contributed by atoms with Crippen LogP contribution in [-0.2, 0) is 14.3 Å². The fourth-order valence-corrected chi connectivity index (χ4v) is 2.26. The number of nitrogens with two attached hydrogens (primary N) is 1. The fraction of sp³-hybridized carbons (Fsp3) is 0.667. The van der Waals surface area contributed by atoms with Crippen LogP contribution in [0.3, 0.4) is 0 Å². The van der Waals surface area contributed by atoms with Gasteiger partial charge in [0.2, 0.25) is 0 Å². The first-order valence-electron chi connectivity index (χ1n) is 7.21. The average Bonchev–Trinajstić information content (AvgIpc) is 2.49. The summed E-state index contributed by atoms with van der Waals surface area (Å²) < 4.78 is 11.2. The second-order valence-electron chi connectivity index (χ2n) is 5.47. The van der Waals surface area contributed by atoms with Gasteiger partial charge in [-0.15, -0.1) is 0 Å². The summed E-state index contributed by atoms with van der Waals surface area (Å²) in [6.45, 7) is 6.67. The van der Waals surface area contributed by atoms with Crippen molar-refractivity contribution >= 4 is 6.29 Å². The van der Waals surface area contributed by atoms with Gasteiger partial charge in [-0.1, -0.05) is 6.58 Å². The molecule has 1 saturated heterocycles. The number of carbonyl (C=O) groups excluding carboxylic acids is 1. The zero-order valence-electron chi connectivity index (χ0n) is 12.9. The van der Waals surface area contributed by atoms with E-state index in [1.165, 1.54) is 6.92 Å². The number of aliphatic hydroxyl groups excluding tert-OH is 3. The van der Waals surface area contributed by atoms with Gasteiger partial charge in [-0.2, -0.15) is 0 Å². The van der Waals surface area contributed by atoms with E-state index < -0.39 is 30.6 Å². The Balaban J connectivity index is 2.80. The number of hydrogen-bond donors (Lipinski definition) is 4. The van der Waals surface area contributed by atoms with Gasteiger partial charge in [0, 0.05) is 36.6 Å². The third-order valence-corrected chi connectivity index (χ3v) is 3.70. The minimum atomic E-state index is -0.773. The molecule has 1 heterocycles. The van der Waals surface area contributed by atoms with Crippen LogP contribution in [0.4, 0.5) is 0 Å². The zero-order chi connectivity index (χ0) is 16.9. The van der Waals surface area contributed by atoms with Gasteiger partial charge in [0.1, 0.15) is 12.0 Å². The van der Waals surface area contributed by atoms with E-state index in [9.17, 15) is 15.0 Å². The molecule has 5 N–H and O–H groups in total. The molecule has 0 bridgehead atoms. The van der Waals surface area contributed by atoms with E-state index in [1.807, 2.05) is 0 Å². The van der Waals surface area contributed by atoms with Crippen molar-refractivity contribution in [2.24, 2.45) is 5.73 Å². The summed E-state index contributed by atoms with van der Waals surface area (Å²) in [6, 6.07) is -0.488. The van der Waals surface area contributed by atoms with Gasteiger partial charge in [-0.3, -0.25) is 4.79 Å². The minimum Gasteiger partial charge on any atom is -0.507 e. The highest BCUT2D eigenvalue weighted by molar-refractivity contribution is 5.74. The summed E-state index contributed by atoms with van der Waals surface area (Å²) in [5.41, 5.74) is 6.14. The summed E-state index contributed by atoms with van der Waals surface area (Å²) in [6.07, 6.45) is -1.70. The van der Waals surface area contributed by atoms with E-state index >= 15 is 0 Å². The lowest BCUT2D eigenvalue weighted by Crippen LogP contribution is -2.52. The predicted molar refractivity (Wildman–Crippen MR) is 80.0 cm³/mol. The first-order chi connectivity index (χ1) is 10.3. The lowest BCUT2D eigenvalue weighted by Gasteiger charge is -2.37. The molecule has 7 nitrogen and oxygen atoms in total. The maximum absolute atomic E-state index is 10.7. The van der Waals surface area contributed by atoms with Crippen LogP contribution >= 0.6 is 0 Å². The van der Waals surface area contributed by atoms with Gasteiger partial charge in [-0.05, 0) is 13.8 Å². The van der Waals surface area contributed by atoms with Crippen LogP contribution in [0.15, 0.2) is 23.5 Å². The van der Waals surface area contributed by atoms with Crippen LogP contribution < -0.4 is 5.73 Å². The fourth-order valence-electron chi connectivity index (χ4n) is 2.26. The van der Waals surface area contributed by atoms with Crippen molar-refractivity contribution in [3.05, 3.63) is 23.5 Å². The molecule has 1 unspecified atom stereocenters. The van der Waals surface area contributed by atoms with Gasteiger partial charge in [0.25, 0.3) is 0 Å². The maximum Gasteiger partial charge on any atom is 0.160 e. The van der Waals surface area contributed by atoms with Gasteiger partial charge < -0.3 is 30.5 Å². The van der Waals surface area contributed by atoms with E-state index in [4.69, 9.17) is 20.3 Å². The molecule has 1 aliphatic rings. The normalized spacial score (nSPS) is 31.3. The summed E-state index contributed by atoms with van der Waals surface area (Å²) in [5.74, 6) is -0.262. The molecule has 5 atom stereocenters. The van der Waals surface area contributed by atoms with Crippen LogP contribution in [0, 0.1) is 0 Å². The van der Waals surface area contributed by atoms with Crippen molar-refractivity contribution in [1.82, 2.24) is 0 Å². The summed E-state index contributed by atoms with van der Waals surface area (Å²) >= 11 is 0. The van der Waals surface area contributed by atoms with Crippen molar-refractivity contribution < 1.29 is 29.6 Å². The molecule has 0 aromatic rings. The number of aliphatic hydroxyl groups is 3. The number of carbonyl (C=O) groups is 1. The van der Waals surface area contributed by atoms with Gasteiger partial charge in [0.15, 0.2) is 6.29 Å². The molecule has 1 rings (SSSR count). The van der Waals surface area contributed by atoms with Crippen LogP contribution in [-0.4, -0.2) is 58.9 Å². The Morgan fingerprint density at radius 1 is 1.59 bits per heavy atom. The molecule has 0 aromatic heterocycles. The molecule has 22 heavy (non-hydrogen) atoms. The molecule has 0 saturated carbocycles. The minimum absolute atomic E-state index is 0.126. The summed E-state index contributed by atoms with van der Waals surface area (Å²) in [7, 11) is 0. The molecule has 126 valence electrons. The molecule has 0 aliphatic carbocycles. The Morgan fingerprint density at radius 2 is 2.23 bits per heavy atom. The van der Waals surface area contributed by atoms with Crippen molar-refractivity contribution in [3.63, 3.8) is 0 Å². The van der Waals surface area contributed by atoms with Crippen molar-refractivity contribution in [2.45, 2.75) is 57.3 Å². The Kier molecular flexibility index (Phi) is 7.18. The average molecular weight is 315 g/mol. The number of allylic oxidation sites excluding steroid dienone is 1. The maximum atomic E-state index is 10.7. The quantitative estimate of drug-likeness (QED) is 0.228. The Labute approximate surface area is 130 Å². The molecule has 7 heteroatoms. The molecular formula is C15H25NO6. The lowest BCUT2D eigenvalue weighted by molar-refractivity contribution is -0.235. The molecule has 0 aromatic carbocycles. The standard InChI is InChI=1S/C15H25NO6/c1-8(7-18)14(19)9(2)12(4-5-17)22-13-6-11(16)15(20)10(3)21-13/h7,10-13,15,17,19-20H,2,4-6,16H2,1,3H3/b14-8-/t10-,11-,12-,13?,15+/m0/s1. The molecule has 1 aliphatic heterocycles. The highest BCUT2D eigenvalue weighted by atomic mass is 16.7. The predicted octanol–water partition coefficient (Wildman–Crippen LogP) is 0.164. The molecule has 0 spiro atoms. The van der Waals surface area contributed by atoms with E-state index in [2.05, 4.69) is 6.58 Å². The van der Waals surface area contributed by atoms with Crippen LogP contribution in [0.5, 0.6) is 0 Å². The first kappa shape index (κ1) is 18.8. The highest BCUT2D eigenvalue weighted by Crippen LogP contribution is 2.25. The number of rotatable bonds is 7. The SMILES string of the molecule is C=C(/C(O)=C(\C)C=O)[C@H](CCO)OC1C[C@H](N)[C@H](O)[C@H](C)O1. The Hall–Kier alpha value is -1.25. The van der Waals surface area contributed by atoms with Crippen molar-refractivity contribution in [1.29, 1.82) is 0 Å². The third kappa shape index (κ3) is 4.62. The second-order valence-corrected chi connectivity index (χ2v) is 5.47. The number of aldehydes is 1. The largest absolute Gasteiger partial charge is 0.507 e. The molecule has 0 amide bonds. The smallest absolute Gasteiger partial charge is 0.160 e. The number of ether oxygens (including phenoxy) is 2. The van der Waals surface area contributed by atoms with E-state index in [0.29, 0.717) is 6.29 Å². The van der Waals surface area contributed by atoms with Gasteiger partial charge in [-0.25, -0.2) is 0 Å². The van der Waals surface area contributed by atoms with Crippen LogP contribution in [0.1, 0.15) is 26.7 Å². The topological polar surface area (TPSA) is 122 Å². The molecular weight excluding hydrogens is 290 g/mol. The lowest BCUT2D eigenvalue weighted by atomic mass is 10.00.